The summed E-state index contributed by atoms with van der Waals surface area (Å²) in [6.45, 7) is 4.67. The topological polar surface area (TPSA) is 499 Å². The van der Waals surface area contributed by atoms with Crippen molar-refractivity contribution >= 4 is 65.2 Å². The Labute approximate surface area is 374 Å². The highest BCUT2D eigenvalue weighted by atomic mass is 16.4. The van der Waals surface area contributed by atoms with E-state index in [1.807, 2.05) is 0 Å². The predicted molar refractivity (Wildman–Crippen MR) is 228 cm³/mol. The molecule has 0 aromatic heterocycles. The molecule has 0 spiro atoms. The standard InChI is InChI=1S/C37H67N13O15/c1-16(2)12-23(36(64)65)47-34(62)27(17(3)52)49-31(59)21(13-25(40)54)46-30(58)20(9-5-6-10-38)44-33(61)24(15-51)48-35(63)28(18(4)53)50-32(60)22(14-26(55)56)45-29(57)19(39)8-7-11-43-37(41)42/h16-24,27-28,51-53H,5-15,38-39H2,1-4H3,(H2,40,54)(H,44,61)(H,45,57)(H,46,58)(H,47,62)(H,48,63)(H,49,59)(H,50,60)(H,55,56)(H,64,65)(H4,41,42,43)/t17-,18-,19+,20+,21+,22+,23+,24+,27+,28+/m1/s1. The van der Waals surface area contributed by atoms with E-state index in [2.05, 4.69) is 42.2 Å². The van der Waals surface area contributed by atoms with Gasteiger partial charge in [-0.2, -0.15) is 0 Å². The van der Waals surface area contributed by atoms with Crippen LogP contribution in [0.4, 0.5) is 0 Å². The van der Waals surface area contributed by atoms with Gasteiger partial charge in [0, 0.05) is 6.54 Å². The summed E-state index contributed by atoms with van der Waals surface area (Å²) < 4.78 is 0. The Morgan fingerprint density at radius 1 is 0.554 bits per heavy atom. The summed E-state index contributed by atoms with van der Waals surface area (Å²) >= 11 is 0. The number of aliphatic hydroxyl groups excluding tert-OH is 3. The van der Waals surface area contributed by atoms with Gasteiger partial charge in [-0.3, -0.25) is 48.1 Å². The Morgan fingerprint density at radius 2 is 1.00 bits per heavy atom. The summed E-state index contributed by atoms with van der Waals surface area (Å²) in [5.74, 6) is -12.6. The molecule has 370 valence electrons. The molecule has 0 aliphatic carbocycles. The molecule has 65 heavy (non-hydrogen) atoms. The van der Waals surface area contributed by atoms with Crippen molar-refractivity contribution in [2.45, 2.75) is 140 Å². The van der Waals surface area contributed by atoms with Crippen LogP contribution in [0.1, 0.15) is 79.1 Å². The van der Waals surface area contributed by atoms with Crippen LogP contribution in [0.2, 0.25) is 0 Å². The van der Waals surface area contributed by atoms with Crippen LogP contribution >= 0.6 is 0 Å². The van der Waals surface area contributed by atoms with Gasteiger partial charge in [0.05, 0.1) is 37.7 Å². The summed E-state index contributed by atoms with van der Waals surface area (Å²) in [7, 11) is 0. The Morgan fingerprint density at radius 3 is 1.43 bits per heavy atom. The third-order valence-electron chi connectivity index (χ3n) is 9.20. The Balaban J connectivity index is 6.23. The Bertz CT molecular complexity index is 1680. The number of unbranched alkanes of at least 4 members (excludes halogenated alkanes) is 1. The molecule has 10 atom stereocenters. The zero-order chi connectivity index (χ0) is 50.1. The summed E-state index contributed by atoms with van der Waals surface area (Å²) in [6.07, 6.45) is -4.65. The maximum Gasteiger partial charge on any atom is 0.326 e. The molecule has 0 bridgehead atoms. The van der Waals surface area contributed by atoms with E-state index in [4.69, 9.17) is 28.7 Å². The number of aliphatic imine (C=N–C) groups is 1. The average molecular weight is 934 g/mol. The number of aliphatic carboxylic acids is 2. The number of hydrogen-bond donors (Lipinski definition) is 17. The highest BCUT2D eigenvalue weighted by Gasteiger charge is 2.37. The van der Waals surface area contributed by atoms with Crippen LogP contribution in [-0.4, -0.2) is 171 Å². The number of hydrogen-bond acceptors (Lipinski definition) is 16. The van der Waals surface area contributed by atoms with E-state index in [1.54, 1.807) is 13.8 Å². The van der Waals surface area contributed by atoms with Gasteiger partial charge in [-0.1, -0.05) is 13.8 Å². The van der Waals surface area contributed by atoms with E-state index in [0.717, 1.165) is 13.8 Å². The van der Waals surface area contributed by atoms with Gasteiger partial charge in [0.2, 0.25) is 47.3 Å². The number of guanidine groups is 1. The highest BCUT2D eigenvalue weighted by Crippen LogP contribution is 2.09. The molecule has 0 fully saturated rings. The van der Waals surface area contributed by atoms with Gasteiger partial charge in [0.1, 0.15) is 42.3 Å². The number of aliphatic hydroxyl groups is 3. The largest absolute Gasteiger partial charge is 0.481 e. The zero-order valence-corrected chi connectivity index (χ0v) is 36.8. The molecule has 22 N–H and O–H groups in total. The summed E-state index contributed by atoms with van der Waals surface area (Å²) in [4.78, 5) is 132. The SMILES string of the molecule is CC(C)C[C@H](NC(=O)[C@@H](NC(=O)[C@H](CC(N)=O)NC(=O)[C@H](CCCCN)NC(=O)[C@H](CO)NC(=O)[C@@H](NC(=O)[C@H](CC(=O)O)NC(=O)[C@@H](N)CCCN=C(N)N)[C@@H](C)O)[C@@H](C)O)C(=O)O. The highest BCUT2D eigenvalue weighted by molar-refractivity contribution is 5.99. The van der Waals surface area contributed by atoms with Crippen LogP contribution in [0.3, 0.4) is 0 Å². The lowest BCUT2D eigenvalue weighted by Crippen LogP contribution is -2.62. The molecule has 0 rings (SSSR count). The molecule has 0 aromatic carbocycles. The lowest BCUT2D eigenvalue weighted by molar-refractivity contribution is -0.143. The molecule has 0 saturated heterocycles. The smallest absolute Gasteiger partial charge is 0.326 e. The van der Waals surface area contributed by atoms with E-state index in [0.29, 0.717) is 6.42 Å². The van der Waals surface area contributed by atoms with Crippen LogP contribution in [-0.2, 0) is 47.9 Å². The fraction of sp³-hybridized carbons (Fsp3) is 0.703. The zero-order valence-electron chi connectivity index (χ0n) is 36.8. The normalized spacial score (nSPS) is 15.7. The summed E-state index contributed by atoms with van der Waals surface area (Å²) in [6, 6.07) is -13.5. The minimum Gasteiger partial charge on any atom is -0.481 e. The van der Waals surface area contributed by atoms with Crippen molar-refractivity contribution in [3.8, 4) is 0 Å². The van der Waals surface area contributed by atoms with Gasteiger partial charge in [-0.05, 0) is 64.8 Å². The number of nitrogens with zero attached hydrogens (tertiary/aromatic N) is 1. The van der Waals surface area contributed by atoms with Gasteiger partial charge in [-0.25, -0.2) is 4.79 Å². The molecular formula is C37H67N13O15. The molecule has 0 saturated carbocycles. The van der Waals surface area contributed by atoms with Crippen molar-refractivity contribution in [2.75, 3.05) is 19.7 Å². The van der Waals surface area contributed by atoms with Crippen LogP contribution in [0.25, 0.3) is 0 Å². The van der Waals surface area contributed by atoms with Crippen molar-refractivity contribution in [1.29, 1.82) is 0 Å². The second-order valence-corrected chi connectivity index (χ2v) is 15.5. The van der Waals surface area contributed by atoms with E-state index >= 15 is 0 Å². The van der Waals surface area contributed by atoms with E-state index in [9.17, 15) is 73.5 Å². The molecule has 0 aliphatic heterocycles. The van der Waals surface area contributed by atoms with Crippen molar-refractivity contribution < 1.29 is 73.5 Å². The third kappa shape index (κ3) is 23.3. The first kappa shape index (κ1) is 58.8. The number of carboxylic acids is 2. The van der Waals surface area contributed by atoms with Gasteiger partial charge in [0.15, 0.2) is 5.96 Å². The predicted octanol–water partition coefficient (Wildman–Crippen LogP) is -7.88. The molecule has 0 aromatic rings. The number of carbonyl (C=O) groups excluding carboxylic acids is 8. The summed E-state index contributed by atoms with van der Waals surface area (Å²) in [5, 5.41) is 65.0. The Hall–Kier alpha value is -6.23. The number of nitrogens with one attached hydrogen (secondary N) is 7. The fourth-order valence-corrected chi connectivity index (χ4v) is 5.76. The molecule has 28 nitrogen and oxygen atoms in total. The van der Waals surface area contributed by atoms with Gasteiger partial charge in [-0.15, -0.1) is 0 Å². The molecular weight excluding hydrogens is 866 g/mol. The first-order valence-corrected chi connectivity index (χ1v) is 20.6. The van der Waals surface area contributed by atoms with E-state index in [1.165, 1.54) is 0 Å². The van der Waals surface area contributed by atoms with Crippen molar-refractivity contribution in [2.24, 2.45) is 39.6 Å². The number of carbonyl (C=O) groups is 10. The molecule has 0 aliphatic rings. The second kappa shape index (κ2) is 30.0. The second-order valence-electron chi connectivity index (χ2n) is 15.5. The van der Waals surface area contributed by atoms with Crippen LogP contribution in [0, 0.1) is 5.92 Å². The first-order chi connectivity index (χ1) is 30.2. The van der Waals surface area contributed by atoms with Crippen molar-refractivity contribution in [1.82, 2.24) is 37.2 Å². The lowest BCUT2D eigenvalue weighted by Gasteiger charge is -2.28. The lowest BCUT2D eigenvalue weighted by atomic mass is 10.0. The number of rotatable bonds is 32. The van der Waals surface area contributed by atoms with Crippen LogP contribution in [0.15, 0.2) is 4.99 Å². The number of primary amides is 1. The third-order valence-corrected chi connectivity index (χ3v) is 9.20. The number of amides is 8. The number of carboxylic acid groups (broad SMARTS) is 2. The van der Waals surface area contributed by atoms with Crippen LogP contribution in [0.5, 0.6) is 0 Å². The maximum atomic E-state index is 13.6. The van der Waals surface area contributed by atoms with Crippen molar-refractivity contribution in [3.05, 3.63) is 0 Å². The molecule has 0 heterocycles. The summed E-state index contributed by atoms with van der Waals surface area (Å²) in [5.41, 5.74) is 27.2. The van der Waals surface area contributed by atoms with E-state index in [-0.39, 0.29) is 57.1 Å². The molecule has 0 radical (unpaired) electrons. The van der Waals surface area contributed by atoms with E-state index < -0.39 is 139 Å². The van der Waals surface area contributed by atoms with Crippen LogP contribution < -0.4 is 65.9 Å². The fourth-order valence-electron chi connectivity index (χ4n) is 5.76. The Kier molecular flexibility index (Phi) is 27.1. The average Bonchev–Trinajstić information content (AvgIpc) is 3.19. The molecule has 8 amide bonds. The van der Waals surface area contributed by atoms with Gasteiger partial charge >= 0.3 is 11.9 Å². The van der Waals surface area contributed by atoms with Crippen molar-refractivity contribution in [3.63, 3.8) is 0 Å². The number of nitrogens with two attached hydrogens (primary N) is 5. The minimum absolute atomic E-state index is 0.00470. The van der Waals surface area contributed by atoms with Gasteiger partial charge < -0.3 is 91.4 Å². The minimum atomic E-state index is -1.93. The van der Waals surface area contributed by atoms with Gasteiger partial charge in [0.25, 0.3) is 0 Å². The first-order valence-electron chi connectivity index (χ1n) is 20.6. The molecule has 28 heteroatoms. The monoisotopic (exact) mass is 933 g/mol. The maximum absolute atomic E-state index is 13.6. The quantitative estimate of drug-likeness (QED) is 0.0169. The molecule has 0 unspecified atom stereocenters.